The smallest absolute Gasteiger partial charge is 0.258 e. The van der Waals surface area contributed by atoms with Crippen LogP contribution in [0.5, 0.6) is 11.5 Å². The van der Waals surface area contributed by atoms with E-state index < -0.39 is 0 Å². The van der Waals surface area contributed by atoms with E-state index in [1.54, 1.807) is 0 Å². The summed E-state index contributed by atoms with van der Waals surface area (Å²) < 4.78 is 11.0. The van der Waals surface area contributed by atoms with Gasteiger partial charge in [0.2, 0.25) is 0 Å². The molecule has 128 valence electrons. The van der Waals surface area contributed by atoms with Crippen molar-refractivity contribution in [2.24, 2.45) is 0 Å². The van der Waals surface area contributed by atoms with Crippen molar-refractivity contribution in [2.75, 3.05) is 13.2 Å². The molecule has 0 aromatic heterocycles. The van der Waals surface area contributed by atoms with Crippen molar-refractivity contribution >= 4 is 5.91 Å². The Bertz CT molecular complexity index is 660. The van der Waals surface area contributed by atoms with Crippen LogP contribution in [-0.4, -0.2) is 19.1 Å². The van der Waals surface area contributed by atoms with E-state index in [4.69, 9.17) is 9.47 Å². The Kier molecular flexibility index (Phi) is 6.24. The number of nitrogens with one attached hydrogen (secondary N) is 1. The van der Waals surface area contributed by atoms with Gasteiger partial charge in [0.15, 0.2) is 6.61 Å². The van der Waals surface area contributed by atoms with Gasteiger partial charge in [-0.05, 0) is 68.7 Å². The summed E-state index contributed by atoms with van der Waals surface area (Å²) >= 11 is 0. The normalized spacial score (nSPS) is 11.7. The fraction of sp³-hybridized carbons (Fsp3) is 0.350. The van der Waals surface area contributed by atoms with Gasteiger partial charge in [-0.1, -0.05) is 18.2 Å². The van der Waals surface area contributed by atoms with Crippen LogP contribution in [0.4, 0.5) is 0 Å². The zero-order valence-corrected chi connectivity index (χ0v) is 14.8. The van der Waals surface area contributed by atoms with Gasteiger partial charge in [-0.25, -0.2) is 0 Å². The van der Waals surface area contributed by atoms with E-state index in [0.717, 1.165) is 28.2 Å². The van der Waals surface area contributed by atoms with Gasteiger partial charge in [0, 0.05) is 0 Å². The van der Waals surface area contributed by atoms with Crippen LogP contribution >= 0.6 is 0 Å². The maximum atomic E-state index is 12.1. The monoisotopic (exact) mass is 327 g/mol. The second-order valence-corrected chi connectivity index (χ2v) is 5.90. The third-order valence-electron chi connectivity index (χ3n) is 3.63. The SMILES string of the molecule is CCOc1ccc([C@@H](C)NC(=O)COc2cc(C)cc(C)c2)cc1. The number of carbonyl (C=O) groups is 1. The Hall–Kier alpha value is -2.49. The van der Waals surface area contributed by atoms with Gasteiger partial charge in [-0.15, -0.1) is 0 Å². The number of hydrogen-bond acceptors (Lipinski definition) is 3. The Labute approximate surface area is 143 Å². The Balaban J connectivity index is 1.86. The number of benzene rings is 2. The lowest BCUT2D eigenvalue weighted by Gasteiger charge is -2.15. The molecule has 0 unspecified atom stereocenters. The van der Waals surface area contributed by atoms with Crippen molar-refractivity contribution in [2.45, 2.75) is 33.7 Å². The van der Waals surface area contributed by atoms with E-state index in [1.165, 1.54) is 0 Å². The van der Waals surface area contributed by atoms with Crippen molar-refractivity contribution < 1.29 is 14.3 Å². The molecule has 1 N–H and O–H groups in total. The molecule has 1 amide bonds. The van der Waals surface area contributed by atoms with Gasteiger partial charge in [-0.3, -0.25) is 4.79 Å². The number of carbonyl (C=O) groups excluding carboxylic acids is 1. The predicted molar refractivity (Wildman–Crippen MR) is 95.6 cm³/mol. The molecule has 0 fully saturated rings. The van der Waals surface area contributed by atoms with Crippen LogP contribution in [0.3, 0.4) is 0 Å². The minimum atomic E-state index is -0.143. The van der Waals surface area contributed by atoms with Crippen molar-refractivity contribution in [3.8, 4) is 11.5 Å². The summed E-state index contributed by atoms with van der Waals surface area (Å²) in [5, 5.41) is 2.94. The Morgan fingerprint density at radius 1 is 1.00 bits per heavy atom. The molecule has 24 heavy (non-hydrogen) atoms. The summed E-state index contributed by atoms with van der Waals surface area (Å²) in [5.41, 5.74) is 3.26. The zero-order valence-electron chi connectivity index (χ0n) is 14.8. The molecule has 0 aliphatic carbocycles. The maximum Gasteiger partial charge on any atom is 0.258 e. The largest absolute Gasteiger partial charge is 0.494 e. The fourth-order valence-corrected chi connectivity index (χ4v) is 2.55. The van der Waals surface area contributed by atoms with Crippen LogP contribution < -0.4 is 14.8 Å². The average molecular weight is 327 g/mol. The maximum absolute atomic E-state index is 12.1. The molecule has 0 spiro atoms. The molecule has 0 aliphatic rings. The van der Waals surface area contributed by atoms with Gasteiger partial charge in [0.1, 0.15) is 11.5 Å². The zero-order chi connectivity index (χ0) is 17.5. The van der Waals surface area contributed by atoms with Gasteiger partial charge in [0.25, 0.3) is 5.91 Å². The molecule has 0 bridgehead atoms. The summed E-state index contributed by atoms with van der Waals surface area (Å²) in [4.78, 5) is 12.1. The molecule has 0 heterocycles. The fourth-order valence-electron chi connectivity index (χ4n) is 2.55. The highest BCUT2D eigenvalue weighted by Crippen LogP contribution is 2.18. The molecule has 2 aromatic carbocycles. The summed E-state index contributed by atoms with van der Waals surface area (Å²) in [6.45, 7) is 8.56. The van der Waals surface area contributed by atoms with Crippen molar-refractivity contribution in [3.05, 3.63) is 59.2 Å². The summed E-state index contributed by atoms with van der Waals surface area (Å²) in [5.74, 6) is 1.41. The van der Waals surface area contributed by atoms with Gasteiger partial charge in [0.05, 0.1) is 12.6 Å². The Morgan fingerprint density at radius 3 is 2.21 bits per heavy atom. The predicted octanol–water partition coefficient (Wildman–Crippen LogP) is 3.96. The molecule has 0 saturated carbocycles. The van der Waals surface area contributed by atoms with Gasteiger partial charge < -0.3 is 14.8 Å². The van der Waals surface area contributed by atoms with E-state index in [0.29, 0.717) is 6.61 Å². The number of amides is 1. The Morgan fingerprint density at radius 2 is 1.62 bits per heavy atom. The van der Waals surface area contributed by atoms with Crippen LogP contribution in [0.25, 0.3) is 0 Å². The first-order chi connectivity index (χ1) is 11.5. The molecule has 0 saturated heterocycles. The molecule has 4 heteroatoms. The van der Waals surface area contributed by atoms with Crippen molar-refractivity contribution in [3.63, 3.8) is 0 Å². The molecular formula is C20H25NO3. The highest BCUT2D eigenvalue weighted by atomic mass is 16.5. The quantitative estimate of drug-likeness (QED) is 0.837. The molecule has 4 nitrogen and oxygen atoms in total. The minimum absolute atomic E-state index is 0.00423. The van der Waals surface area contributed by atoms with Crippen LogP contribution in [-0.2, 0) is 4.79 Å². The van der Waals surface area contributed by atoms with E-state index >= 15 is 0 Å². The third kappa shape index (κ3) is 5.30. The van der Waals surface area contributed by atoms with E-state index in [1.807, 2.05) is 64.1 Å². The second kappa shape index (κ2) is 8.39. The van der Waals surface area contributed by atoms with Gasteiger partial charge >= 0.3 is 0 Å². The highest BCUT2D eigenvalue weighted by molar-refractivity contribution is 5.78. The van der Waals surface area contributed by atoms with Crippen molar-refractivity contribution in [1.82, 2.24) is 5.32 Å². The van der Waals surface area contributed by atoms with Crippen molar-refractivity contribution in [1.29, 1.82) is 0 Å². The number of aryl methyl sites for hydroxylation is 2. The molecular weight excluding hydrogens is 302 g/mol. The lowest BCUT2D eigenvalue weighted by Crippen LogP contribution is -2.31. The first-order valence-corrected chi connectivity index (χ1v) is 8.21. The lowest BCUT2D eigenvalue weighted by molar-refractivity contribution is -0.123. The minimum Gasteiger partial charge on any atom is -0.494 e. The van der Waals surface area contributed by atoms with Crippen LogP contribution in [0.2, 0.25) is 0 Å². The second-order valence-electron chi connectivity index (χ2n) is 5.90. The first kappa shape index (κ1) is 17.9. The topological polar surface area (TPSA) is 47.6 Å². The van der Waals surface area contributed by atoms with Crippen LogP contribution in [0.15, 0.2) is 42.5 Å². The summed E-state index contributed by atoms with van der Waals surface area (Å²) in [6, 6.07) is 13.6. The number of rotatable bonds is 7. The number of hydrogen-bond donors (Lipinski definition) is 1. The average Bonchev–Trinajstić information content (AvgIpc) is 2.53. The molecule has 2 rings (SSSR count). The first-order valence-electron chi connectivity index (χ1n) is 8.21. The standard InChI is InChI=1S/C20H25NO3/c1-5-23-18-8-6-17(7-9-18)16(4)21-20(22)13-24-19-11-14(2)10-15(3)12-19/h6-12,16H,5,13H2,1-4H3,(H,21,22)/t16-/m1/s1. The van der Waals surface area contributed by atoms with Gasteiger partial charge in [-0.2, -0.15) is 0 Å². The highest BCUT2D eigenvalue weighted by Gasteiger charge is 2.10. The summed E-state index contributed by atoms with van der Waals surface area (Å²) in [7, 11) is 0. The molecule has 0 radical (unpaired) electrons. The number of ether oxygens (including phenoxy) is 2. The third-order valence-corrected chi connectivity index (χ3v) is 3.63. The van der Waals surface area contributed by atoms with Crippen LogP contribution in [0, 0.1) is 13.8 Å². The molecule has 0 aliphatic heterocycles. The van der Waals surface area contributed by atoms with E-state index in [9.17, 15) is 4.79 Å². The van der Waals surface area contributed by atoms with E-state index in [-0.39, 0.29) is 18.6 Å². The lowest BCUT2D eigenvalue weighted by atomic mass is 10.1. The summed E-state index contributed by atoms with van der Waals surface area (Å²) in [6.07, 6.45) is 0. The van der Waals surface area contributed by atoms with E-state index in [2.05, 4.69) is 11.4 Å². The molecule has 1 atom stereocenters. The van der Waals surface area contributed by atoms with Crippen LogP contribution in [0.1, 0.15) is 36.6 Å². The molecule has 2 aromatic rings.